The van der Waals surface area contributed by atoms with Gasteiger partial charge in [-0.2, -0.15) is 0 Å². The van der Waals surface area contributed by atoms with E-state index in [2.05, 4.69) is 0 Å². The number of carboxylic acid groups (broad SMARTS) is 1. The van der Waals surface area contributed by atoms with Crippen LogP contribution in [-0.4, -0.2) is 16.2 Å². The number of halogens is 2. The number of aromatic carboxylic acids is 1. The first-order valence-electron chi connectivity index (χ1n) is 3.15. The van der Waals surface area contributed by atoms with E-state index in [0.29, 0.717) is 0 Å². The number of hydrogen-bond acceptors (Lipinski definition) is 3. The van der Waals surface area contributed by atoms with E-state index in [1.165, 1.54) is 0 Å². The number of carboxylic acids is 1. The molecule has 0 aliphatic heterocycles. The second-order valence-corrected chi connectivity index (χ2v) is 2.69. The van der Waals surface area contributed by atoms with Gasteiger partial charge in [-0.05, 0) is 6.07 Å². The first-order valence-corrected chi connectivity index (χ1v) is 3.52. The summed E-state index contributed by atoms with van der Waals surface area (Å²) in [6.45, 7) is 0. The van der Waals surface area contributed by atoms with Gasteiger partial charge in [0.25, 0.3) is 0 Å². The minimum Gasteiger partial charge on any atom is -0.505 e. The van der Waals surface area contributed by atoms with Crippen molar-refractivity contribution in [2.24, 2.45) is 0 Å². The Morgan fingerprint density at radius 2 is 2.15 bits per heavy atom. The molecule has 0 atom stereocenters. The topological polar surface area (TPSA) is 83.5 Å². The van der Waals surface area contributed by atoms with Gasteiger partial charge in [0, 0.05) is 0 Å². The lowest BCUT2D eigenvalue weighted by molar-refractivity contribution is 0.0694. The quantitative estimate of drug-likeness (QED) is 0.479. The number of nitrogens with two attached hydrogens (primary N) is 1. The third-order valence-electron chi connectivity index (χ3n) is 1.46. The van der Waals surface area contributed by atoms with E-state index in [-0.39, 0.29) is 0 Å². The lowest BCUT2D eigenvalue weighted by atomic mass is 10.1. The fourth-order valence-corrected chi connectivity index (χ4v) is 1.01. The third kappa shape index (κ3) is 1.50. The maximum Gasteiger partial charge on any atom is 0.339 e. The second-order valence-electron chi connectivity index (χ2n) is 2.29. The monoisotopic (exact) mass is 205 g/mol. The van der Waals surface area contributed by atoms with Crippen molar-refractivity contribution in [2.75, 3.05) is 5.73 Å². The lowest BCUT2D eigenvalue weighted by Gasteiger charge is -2.05. The summed E-state index contributed by atoms with van der Waals surface area (Å²) < 4.78 is 12.8. The van der Waals surface area contributed by atoms with Crippen LogP contribution < -0.4 is 5.73 Å². The molecule has 4 N–H and O–H groups in total. The van der Waals surface area contributed by atoms with Gasteiger partial charge in [0.05, 0.1) is 5.02 Å². The summed E-state index contributed by atoms with van der Waals surface area (Å²) in [6, 6.07) is 0.797. The van der Waals surface area contributed by atoms with Crippen LogP contribution in [0.5, 0.6) is 5.75 Å². The Labute approximate surface area is 77.4 Å². The van der Waals surface area contributed by atoms with Crippen molar-refractivity contribution in [3.63, 3.8) is 0 Å². The Balaban J connectivity index is 3.50. The van der Waals surface area contributed by atoms with Crippen molar-refractivity contribution in [1.82, 2.24) is 0 Å². The Bertz CT molecular complexity index is 380. The highest BCUT2D eigenvalue weighted by molar-refractivity contribution is 6.31. The molecule has 0 spiro atoms. The second kappa shape index (κ2) is 3.10. The van der Waals surface area contributed by atoms with Crippen LogP contribution >= 0.6 is 11.6 Å². The molecule has 0 radical (unpaired) electrons. The van der Waals surface area contributed by atoms with Gasteiger partial charge in [-0.3, -0.25) is 0 Å². The van der Waals surface area contributed by atoms with E-state index in [1.54, 1.807) is 0 Å². The molecule has 1 aromatic carbocycles. The summed E-state index contributed by atoms with van der Waals surface area (Å²) >= 11 is 5.31. The highest BCUT2D eigenvalue weighted by Crippen LogP contribution is 2.32. The molecule has 0 bridgehead atoms. The Morgan fingerprint density at radius 3 is 2.62 bits per heavy atom. The Kier molecular flexibility index (Phi) is 2.29. The molecular weight excluding hydrogens is 201 g/mol. The summed E-state index contributed by atoms with van der Waals surface area (Å²) in [5.74, 6) is -3.26. The zero-order chi connectivity index (χ0) is 10.2. The van der Waals surface area contributed by atoms with Gasteiger partial charge >= 0.3 is 5.97 Å². The number of carbonyl (C=O) groups is 1. The van der Waals surface area contributed by atoms with Gasteiger partial charge in [0.15, 0.2) is 11.6 Å². The van der Waals surface area contributed by atoms with Crippen LogP contribution in [0.15, 0.2) is 6.07 Å². The fraction of sp³-hybridized carbons (Fsp3) is 0. The smallest absolute Gasteiger partial charge is 0.339 e. The van der Waals surface area contributed by atoms with Crippen LogP contribution in [0.25, 0.3) is 0 Å². The standard InChI is InChI=1S/C7H5ClFNO3/c8-3-1-2(7(12)13)6(11)5(10)4(3)9/h1,11H,10H2,(H,12,13). The van der Waals surface area contributed by atoms with E-state index in [0.717, 1.165) is 6.07 Å². The normalized spacial score (nSPS) is 10.0. The van der Waals surface area contributed by atoms with Gasteiger partial charge in [0.2, 0.25) is 0 Å². The largest absolute Gasteiger partial charge is 0.505 e. The van der Waals surface area contributed by atoms with Crippen LogP contribution in [0, 0.1) is 5.82 Å². The number of phenols is 1. The zero-order valence-electron chi connectivity index (χ0n) is 6.21. The minimum absolute atomic E-state index is 0.437. The van der Waals surface area contributed by atoms with Crippen molar-refractivity contribution in [1.29, 1.82) is 0 Å². The van der Waals surface area contributed by atoms with E-state index in [9.17, 15) is 9.18 Å². The summed E-state index contributed by atoms with van der Waals surface area (Å²) in [5.41, 5.74) is 3.86. The molecule has 0 aliphatic rings. The van der Waals surface area contributed by atoms with E-state index in [1.807, 2.05) is 0 Å². The van der Waals surface area contributed by atoms with Gasteiger partial charge in [-0.25, -0.2) is 9.18 Å². The molecule has 1 aromatic rings. The van der Waals surface area contributed by atoms with Crippen LogP contribution in [0.3, 0.4) is 0 Å². The SMILES string of the molecule is Nc1c(O)c(C(=O)O)cc(Cl)c1F. The highest BCUT2D eigenvalue weighted by atomic mass is 35.5. The zero-order valence-corrected chi connectivity index (χ0v) is 6.97. The minimum atomic E-state index is -1.42. The highest BCUT2D eigenvalue weighted by Gasteiger charge is 2.18. The molecule has 70 valence electrons. The Hall–Kier alpha value is -1.49. The van der Waals surface area contributed by atoms with Crippen molar-refractivity contribution in [3.8, 4) is 5.75 Å². The molecule has 1 rings (SSSR count). The average molecular weight is 206 g/mol. The predicted octanol–water partition coefficient (Wildman–Crippen LogP) is 1.47. The van der Waals surface area contributed by atoms with E-state index < -0.39 is 33.8 Å². The van der Waals surface area contributed by atoms with Crippen molar-refractivity contribution < 1.29 is 19.4 Å². The molecule has 0 amide bonds. The average Bonchev–Trinajstić information content (AvgIpc) is 2.07. The molecule has 0 aromatic heterocycles. The van der Waals surface area contributed by atoms with Crippen LogP contribution in [-0.2, 0) is 0 Å². The molecule has 0 saturated carbocycles. The third-order valence-corrected chi connectivity index (χ3v) is 1.73. The first kappa shape index (κ1) is 9.60. The number of rotatable bonds is 1. The predicted molar refractivity (Wildman–Crippen MR) is 44.4 cm³/mol. The van der Waals surface area contributed by atoms with Crippen molar-refractivity contribution in [2.45, 2.75) is 0 Å². The van der Waals surface area contributed by atoms with E-state index >= 15 is 0 Å². The van der Waals surface area contributed by atoms with Gasteiger partial charge in [0.1, 0.15) is 11.3 Å². The molecule has 0 aliphatic carbocycles. The van der Waals surface area contributed by atoms with Crippen LogP contribution in [0.2, 0.25) is 5.02 Å². The van der Waals surface area contributed by atoms with Crippen LogP contribution in [0.1, 0.15) is 10.4 Å². The summed E-state index contributed by atoms with van der Waals surface area (Å²) in [4.78, 5) is 10.4. The van der Waals surface area contributed by atoms with Crippen LogP contribution in [0.4, 0.5) is 10.1 Å². The number of hydrogen-bond donors (Lipinski definition) is 3. The van der Waals surface area contributed by atoms with Gasteiger partial charge < -0.3 is 15.9 Å². The fourth-order valence-electron chi connectivity index (χ4n) is 0.799. The number of benzene rings is 1. The number of aromatic hydroxyl groups is 1. The molecule has 0 saturated heterocycles. The molecule has 0 heterocycles. The number of anilines is 1. The maximum atomic E-state index is 12.8. The van der Waals surface area contributed by atoms with Crippen molar-refractivity contribution >= 4 is 23.3 Å². The number of nitrogen functional groups attached to an aromatic ring is 1. The maximum absolute atomic E-state index is 12.8. The molecule has 4 nitrogen and oxygen atoms in total. The van der Waals surface area contributed by atoms with Gasteiger partial charge in [-0.1, -0.05) is 11.6 Å². The summed E-state index contributed by atoms with van der Waals surface area (Å²) in [6.07, 6.45) is 0. The molecular formula is C7H5ClFNO3. The molecule has 0 unspecified atom stereocenters. The lowest BCUT2D eigenvalue weighted by Crippen LogP contribution is -2.02. The Morgan fingerprint density at radius 1 is 1.62 bits per heavy atom. The van der Waals surface area contributed by atoms with Crippen molar-refractivity contribution in [3.05, 3.63) is 22.5 Å². The first-order chi connectivity index (χ1) is 5.95. The molecule has 0 fully saturated rings. The molecule has 6 heteroatoms. The van der Waals surface area contributed by atoms with Gasteiger partial charge in [-0.15, -0.1) is 0 Å². The van der Waals surface area contributed by atoms with E-state index in [4.69, 9.17) is 27.5 Å². The molecule has 13 heavy (non-hydrogen) atoms. The summed E-state index contributed by atoms with van der Waals surface area (Å²) in [7, 11) is 0. The summed E-state index contributed by atoms with van der Waals surface area (Å²) in [5, 5.41) is 17.1.